The third-order valence-electron chi connectivity index (χ3n) is 2.62. The van der Waals surface area contributed by atoms with Gasteiger partial charge in [-0.2, -0.15) is 5.26 Å². The monoisotopic (exact) mass is 283 g/mol. The highest BCUT2D eigenvalue weighted by molar-refractivity contribution is 6.08. The molecule has 0 aliphatic carbocycles. The molecule has 0 fully saturated rings. The first-order chi connectivity index (χ1) is 10.2. The predicted molar refractivity (Wildman–Crippen MR) is 85.1 cm³/mol. The van der Waals surface area contributed by atoms with E-state index in [1.165, 1.54) is 18.8 Å². The van der Waals surface area contributed by atoms with Gasteiger partial charge in [-0.1, -0.05) is 6.07 Å². The van der Waals surface area contributed by atoms with Crippen LogP contribution >= 0.6 is 0 Å². The van der Waals surface area contributed by atoms with E-state index in [0.29, 0.717) is 23.4 Å². The Morgan fingerprint density at radius 3 is 2.95 bits per heavy atom. The lowest BCUT2D eigenvalue weighted by molar-refractivity contribution is 0.230. The Kier molecular flexibility index (Phi) is 6.35. The predicted octanol–water partition coefficient (Wildman–Crippen LogP) is 2.00. The number of rotatable bonds is 7. The lowest BCUT2D eigenvalue weighted by Crippen LogP contribution is -2.17. The van der Waals surface area contributed by atoms with Crippen molar-refractivity contribution in [3.63, 3.8) is 0 Å². The second-order valence-corrected chi connectivity index (χ2v) is 4.18. The van der Waals surface area contributed by atoms with E-state index in [1.807, 2.05) is 6.92 Å². The summed E-state index contributed by atoms with van der Waals surface area (Å²) < 4.78 is 5.71. The molecule has 0 aromatic heterocycles. The molecule has 1 rings (SSSR count). The Bertz CT molecular complexity index is 613. The SMILES string of the molecule is C=N/C=C(\C=N)c1ccc(C#N)c(O[C@@H](C)CN=CN)c1. The molecule has 1 aromatic rings. The summed E-state index contributed by atoms with van der Waals surface area (Å²) in [7, 11) is 0. The Hall–Kier alpha value is -2.94. The molecule has 0 saturated heterocycles. The van der Waals surface area contributed by atoms with Crippen LogP contribution in [0.25, 0.3) is 5.57 Å². The second-order valence-electron chi connectivity index (χ2n) is 4.18. The zero-order chi connectivity index (χ0) is 15.7. The number of allylic oxidation sites excluding steroid dienone is 1. The Morgan fingerprint density at radius 2 is 2.38 bits per heavy atom. The lowest BCUT2D eigenvalue weighted by atomic mass is 10.0. The molecule has 1 aromatic carbocycles. The molecule has 0 bridgehead atoms. The molecule has 0 unspecified atom stereocenters. The smallest absolute Gasteiger partial charge is 0.138 e. The van der Waals surface area contributed by atoms with Crippen molar-refractivity contribution in [3.8, 4) is 11.8 Å². The van der Waals surface area contributed by atoms with E-state index in [1.54, 1.807) is 18.2 Å². The van der Waals surface area contributed by atoms with Crippen LogP contribution in [0.2, 0.25) is 0 Å². The molecule has 0 radical (unpaired) electrons. The third kappa shape index (κ3) is 4.58. The van der Waals surface area contributed by atoms with Crippen molar-refractivity contribution in [3.05, 3.63) is 35.5 Å². The van der Waals surface area contributed by atoms with Crippen LogP contribution in [0.1, 0.15) is 18.1 Å². The maximum Gasteiger partial charge on any atom is 0.138 e. The average Bonchev–Trinajstić information content (AvgIpc) is 2.50. The van der Waals surface area contributed by atoms with E-state index >= 15 is 0 Å². The molecule has 0 aliphatic rings. The maximum absolute atomic E-state index is 9.13. The average molecular weight is 283 g/mol. The zero-order valence-corrected chi connectivity index (χ0v) is 11.8. The number of nitrogens with one attached hydrogen (secondary N) is 1. The molecule has 108 valence electrons. The van der Waals surface area contributed by atoms with Crippen molar-refractivity contribution in [2.75, 3.05) is 6.54 Å². The molecule has 3 N–H and O–H groups in total. The quantitative estimate of drug-likeness (QED) is 0.590. The minimum atomic E-state index is -0.225. The number of benzene rings is 1. The fourth-order valence-electron chi connectivity index (χ4n) is 1.65. The Balaban J connectivity index is 3.11. The third-order valence-corrected chi connectivity index (χ3v) is 2.62. The van der Waals surface area contributed by atoms with Gasteiger partial charge >= 0.3 is 0 Å². The van der Waals surface area contributed by atoms with Crippen molar-refractivity contribution in [2.24, 2.45) is 15.7 Å². The number of aliphatic imine (C=N–C) groups is 2. The highest BCUT2D eigenvalue weighted by Crippen LogP contribution is 2.24. The van der Waals surface area contributed by atoms with Crippen LogP contribution in [-0.2, 0) is 0 Å². The van der Waals surface area contributed by atoms with E-state index in [2.05, 4.69) is 22.8 Å². The van der Waals surface area contributed by atoms with Crippen LogP contribution in [0.3, 0.4) is 0 Å². The highest BCUT2D eigenvalue weighted by Gasteiger charge is 2.10. The topological polar surface area (TPSA) is 108 Å². The Labute approximate surface area is 123 Å². The first-order valence-corrected chi connectivity index (χ1v) is 6.24. The summed E-state index contributed by atoms with van der Waals surface area (Å²) >= 11 is 0. The van der Waals surface area contributed by atoms with Crippen LogP contribution < -0.4 is 10.5 Å². The first kappa shape index (κ1) is 16.1. The second kappa shape index (κ2) is 8.27. The van der Waals surface area contributed by atoms with Gasteiger partial charge < -0.3 is 15.9 Å². The van der Waals surface area contributed by atoms with Gasteiger partial charge in [0.05, 0.1) is 18.4 Å². The first-order valence-electron chi connectivity index (χ1n) is 6.24. The molecule has 1 atom stereocenters. The minimum absolute atomic E-state index is 0.225. The molecule has 0 amide bonds. The van der Waals surface area contributed by atoms with Gasteiger partial charge in [0.1, 0.15) is 17.9 Å². The van der Waals surface area contributed by atoms with Crippen molar-refractivity contribution in [1.29, 1.82) is 10.7 Å². The van der Waals surface area contributed by atoms with E-state index in [0.717, 1.165) is 5.56 Å². The van der Waals surface area contributed by atoms with Gasteiger partial charge in [-0.15, -0.1) is 0 Å². The number of hydrogen-bond donors (Lipinski definition) is 2. The van der Waals surface area contributed by atoms with Crippen molar-refractivity contribution in [1.82, 2.24) is 0 Å². The molecule has 21 heavy (non-hydrogen) atoms. The van der Waals surface area contributed by atoms with Crippen molar-refractivity contribution >= 4 is 24.8 Å². The fraction of sp³-hybridized carbons (Fsp3) is 0.200. The van der Waals surface area contributed by atoms with Gasteiger partial charge in [-0.05, 0) is 31.3 Å². The van der Waals surface area contributed by atoms with Crippen LogP contribution in [-0.4, -0.2) is 31.9 Å². The van der Waals surface area contributed by atoms with Crippen LogP contribution in [0, 0.1) is 16.7 Å². The molecular formula is C15H17N5O. The van der Waals surface area contributed by atoms with E-state index in [4.69, 9.17) is 21.1 Å². The summed E-state index contributed by atoms with van der Waals surface area (Å²) in [4.78, 5) is 7.56. The molecule has 6 heteroatoms. The minimum Gasteiger partial charge on any atom is -0.487 e. The molecule has 0 heterocycles. The summed E-state index contributed by atoms with van der Waals surface area (Å²) in [5.74, 6) is 0.437. The van der Waals surface area contributed by atoms with Gasteiger partial charge in [0.15, 0.2) is 0 Å². The number of ether oxygens (including phenoxy) is 1. The molecule has 0 saturated carbocycles. The van der Waals surface area contributed by atoms with Gasteiger partial charge in [-0.3, -0.25) is 9.98 Å². The zero-order valence-electron chi connectivity index (χ0n) is 11.8. The fourth-order valence-corrected chi connectivity index (χ4v) is 1.65. The number of hydrogen-bond acceptors (Lipinski definition) is 5. The summed E-state index contributed by atoms with van der Waals surface area (Å²) in [6.07, 6.45) is 3.63. The van der Waals surface area contributed by atoms with Gasteiger partial charge in [0.25, 0.3) is 0 Å². The Morgan fingerprint density at radius 1 is 1.62 bits per heavy atom. The maximum atomic E-state index is 9.13. The van der Waals surface area contributed by atoms with Crippen LogP contribution in [0.15, 0.2) is 34.4 Å². The number of nitrogens with zero attached hydrogens (tertiary/aromatic N) is 3. The summed E-state index contributed by atoms with van der Waals surface area (Å²) in [5, 5.41) is 16.5. The summed E-state index contributed by atoms with van der Waals surface area (Å²) in [6.45, 7) is 5.60. The van der Waals surface area contributed by atoms with Gasteiger partial charge in [0.2, 0.25) is 0 Å². The molecule has 0 spiro atoms. The largest absolute Gasteiger partial charge is 0.487 e. The van der Waals surface area contributed by atoms with Crippen molar-refractivity contribution < 1.29 is 4.74 Å². The van der Waals surface area contributed by atoms with E-state index in [9.17, 15) is 0 Å². The molecule has 6 nitrogen and oxygen atoms in total. The number of nitrogens with two attached hydrogens (primary N) is 1. The summed E-state index contributed by atoms with van der Waals surface area (Å²) in [5.41, 5.74) is 6.91. The molecular weight excluding hydrogens is 266 g/mol. The summed E-state index contributed by atoms with van der Waals surface area (Å²) in [6, 6.07) is 7.15. The van der Waals surface area contributed by atoms with Gasteiger partial charge in [-0.25, -0.2) is 0 Å². The standard InChI is InChI=1S/C15H17N5O/c1-11(8-20-10-18)21-15-5-12(3-4-13(15)6-16)14(7-17)9-19-2/h3-5,7,9-11,17H,2,8H2,1H3,(H2,18,20)/b14-9+,17-7?/t11-/m0/s1. The normalized spacial score (nSPS) is 12.7. The van der Waals surface area contributed by atoms with E-state index < -0.39 is 0 Å². The molecule has 0 aliphatic heterocycles. The van der Waals surface area contributed by atoms with Crippen molar-refractivity contribution in [2.45, 2.75) is 13.0 Å². The van der Waals surface area contributed by atoms with Crippen LogP contribution in [0.4, 0.5) is 0 Å². The highest BCUT2D eigenvalue weighted by atomic mass is 16.5. The van der Waals surface area contributed by atoms with Gasteiger partial charge in [0, 0.05) is 18.0 Å². The number of nitriles is 1. The lowest BCUT2D eigenvalue weighted by Gasteiger charge is -2.14. The van der Waals surface area contributed by atoms with Crippen LogP contribution in [0.5, 0.6) is 5.75 Å². The van der Waals surface area contributed by atoms with E-state index in [-0.39, 0.29) is 6.10 Å².